The van der Waals surface area contributed by atoms with Gasteiger partial charge in [0.1, 0.15) is 11.1 Å². The quantitative estimate of drug-likeness (QED) is 0.729. The zero-order valence-corrected chi connectivity index (χ0v) is 18.1. The van der Waals surface area contributed by atoms with Crippen LogP contribution in [0.1, 0.15) is 33.6 Å². The van der Waals surface area contributed by atoms with Gasteiger partial charge in [0, 0.05) is 31.4 Å². The number of aromatic amines is 1. The first-order chi connectivity index (χ1) is 14.6. The number of tetrazole rings is 1. The van der Waals surface area contributed by atoms with E-state index in [1.807, 2.05) is 45.0 Å². The molecule has 0 radical (unpaired) electrons. The summed E-state index contributed by atoms with van der Waals surface area (Å²) in [6, 6.07) is 7.28. The SMILES string of the molecule is CN1C(=O)C2(CCN(C(=O)OC(C)(C)C)CC2)N(c2ccc(-c3nn[nH]n3)cc2)C1O. The van der Waals surface area contributed by atoms with Gasteiger partial charge in [0.2, 0.25) is 12.2 Å². The molecule has 2 N–H and O–H groups in total. The van der Waals surface area contributed by atoms with Gasteiger partial charge in [0.25, 0.3) is 5.91 Å². The minimum Gasteiger partial charge on any atom is -0.444 e. The van der Waals surface area contributed by atoms with E-state index in [1.54, 1.807) is 16.8 Å². The topological polar surface area (TPSA) is 128 Å². The first-order valence-corrected chi connectivity index (χ1v) is 10.2. The van der Waals surface area contributed by atoms with Crippen molar-refractivity contribution in [1.82, 2.24) is 30.4 Å². The number of carbonyl (C=O) groups excluding carboxylic acids is 2. The summed E-state index contributed by atoms with van der Waals surface area (Å²) < 4.78 is 5.47. The molecule has 2 aliphatic heterocycles. The van der Waals surface area contributed by atoms with Crippen molar-refractivity contribution in [2.45, 2.75) is 51.1 Å². The average molecular weight is 429 g/mol. The number of ether oxygens (including phenoxy) is 1. The lowest BCUT2D eigenvalue weighted by Crippen LogP contribution is -2.58. The van der Waals surface area contributed by atoms with Crippen LogP contribution >= 0.6 is 0 Å². The molecular formula is C20H27N7O4. The second kappa shape index (κ2) is 7.49. The Morgan fingerprint density at radius 2 is 1.87 bits per heavy atom. The predicted octanol–water partition coefficient (Wildman–Crippen LogP) is 1.19. The Balaban J connectivity index is 1.58. The van der Waals surface area contributed by atoms with Crippen LogP contribution in [0.3, 0.4) is 0 Å². The molecule has 166 valence electrons. The molecule has 0 bridgehead atoms. The number of hydrogen-bond donors (Lipinski definition) is 2. The van der Waals surface area contributed by atoms with E-state index in [9.17, 15) is 14.7 Å². The number of amides is 2. The molecule has 11 heteroatoms. The van der Waals surface area contributed by atoms with Crippen LogP contribution in [0.2, 0.25) is 0 Å². The van der Waals surface area contributed by atoms with Crippen molar-refractivity contribution in [2.24, 2.45) is 0 Å². The molecule has 3 heterocycles. The molecule has 4 rings (SSSR count). The Hall–Kier alpha value is -3.21. The number of nitrogens with one attached hydrogen (secondary N) is 1. The average Bonchev–Trinajstić information content (AvgIpc) is 3.32. The van der Waals surface area contributed by atoms with E-state index in [2.05, 4.69) is 20.6 Å². The van der Waals surface area contributed by atoms with Crippen molar-refractivity contribution in [2.75, 3.05) is 25.0 Å². The normalized spacial score (nSPS) is 21.1. The molecule has 11 nitrogen and oxygen atoms in total. The number of piperidine rings is 1. The largest absolute Gasteiger partial charge is 0.444 e. The van der Waals surface area contributed by atoms with Crippen LogP contribution in [0.5, 0.6) is 0 Å². The smallest absolute Gasteiger partial charge is 0.410 e. The highest BCUT2D eigenvalue weighted by atomic mass is 16.6. The van der Waals surface area contributed by atoms with Crippen molar-refractivity contribution in [3.8, 4) is 11.4 Å². The predicted molar refractivity (Wildman–Crippen MR) is 111 cm³/mol. The number of aromatic nitrogens is 4. The Bertz CT molecular complexity index is 947. The second-order valence-electron chi connectivity index (χ2n) is 8.91. The Morgan fingerprint density at radius 3 is 2.42 bits per heavy atom. The van der Waals surface area contributed by atoms with Gasteiger partial charge in [-0.05, 0) is 63.1 Å². The molecule has 1 atom stereocenters. The van der Waals surface area contributed by atoms with E-state index in [0.717, 1.165) is 5.56 Å². The Labute approximate surface area is 180 Å². The molecule has 0 saturated carbocycles. The summed E-state index contributed by atoms with van der Waals surface area (Å²) in [5.41, 5.74) is -0.0543. The van der Waals surface area contributed by atoms with Crippen molar-refractivity contribution >= 4 is 17.7 Å². The summed E-state index contributed by atoms with van der Waals surface area (Å²) in [5.74, 6) is 0.299. The molecule has 1 spiro atoms. The van der Waals surface area contributed by atoms with Gasteiger partial charge in [-0.3, -0.25) is 4.79 Å². The van der Waals surface area contributed by atoms with Crippen LogP contribution in [0.4, 0.5) is 10.5 Å². The van der Waals surface area contributed by atoms with Crippen LogP contribution in [0.25, 0.3) is 11.4 Å². The Kier molecular flexibility index (Phi) is 5.08. The second-order valence-corrected chi connectivity index (χ2v) is 8.91. The molecule has 2 fully saturated rings. The summed E-state index contributed by atoms with van der Waals surface area (Å²) in [6.45, 7) is 6.18. The number of aliphatic hydroxyl groups is 1. The number of likely N-dealkylation sites (tertiary alicyclic amines) is 1. The fourth-order valence-electron chi connectivity index (χ4n) is 4.21. The van der Waals surface area contributed by atoms with Crippen molar-refractivity contribution in [1.29, 1.82) is 0 Å². The number of aliphatic hydroxyl groups excluding tert-OH is 1. The number of likely N-dealkylation sites (N-methyl/N-ethyl adjacent to an activating group) is 1. The Morgan fingerprint density at radius 1 is 1.23 bits per heavy atom. The summed E-state index contributed by atoms with van der Waals surface area (Å²) in [5, 5.41) is 24.8. The number of carbonyl (C=O) groups is 2. The van der Waals surface area contributed by atoms with Crippen molar-refractivity contribution < 1.29 is 19.4 Å². The van der Waals surface area contributed by atoms with Crippen LogP contribution in [-0.2, 0) is 9.53 Å². The molecular weight excluding hydrogens is 402 g/mol. The molecule has 2 aromatic rings. The maximum Gasteiger partial charge on any atom is 0.410 e. The monoisotopic (exact) mass is 429 g/mol. The van der Waals surface area contributed by atoms with Gasteiger partial charge in [0.15, 0.2) is 0 Å². The van der Waals surface area contributed by atoms with E-state index in [-0.39, 0.29) is 5.91 Å². The molecule has 1 unspecified atom stereocenters. The maximum atomic E-state index is 13.2. The van der Waals surface area contributed by atoms with Gasteiger partial charge in [-0.25, -0.2) is 4.79 Å². The lowest BCUT2D eigenvalue weighted by Gasteiger charge is -2.43. The summed E-state index contributed by atoms with van der Waals surface area (Å²) in [6.07, 6.45) is -0.715. The third-order valence-electron chi connectivity index (χ3n) is 5.75. The van der Waals surface area contributed by atoms with Gasteiger partial charge >= 0.3 is 6.09 Å². The van der Waals surface area contributed by atoms with E-state index in [4.69, 9.17) is 4.74 Å². The first kappa shape index (κ1) is 21.0. The number of nitrogens with zero attached hydrogens (tertiary/aromatic N) is 6. The van der Waals surface area contributed by atoms with Crippen LogP contribution in [0.15, 0.2) is 24.3 Å². The number of benzene rings is 1. The number of H-pyrrole nitrogens is 1. The van der Waals surface area contributed by atoms with Crippen LogP contribution in [0, 0.1) is 0 Å². The van der Waals surface area contributed by atoms with Gasteiger partial charge in [-0.1, -0.05) is 0 Å². The van der Waals surface area contributed by atoms with E-state index in [1.165, 1.54) is 4.90 Å². The van der Waals surface area contributed by atoms with E-state index >= 15 is 0 Å². The van der Waals surface area contributed by atoms with E-state index < -0.39 is 23.6 Å². The third-order valence-corrected chi connectivity index (χ3v) is 5.75. The standard InChI is InChI=1S/C20H27N7O4/c1-19(2,3)31-18(30)26-11-9-20(10-12-26)16(28)25(4)17(29)27(20)14-7-5-13(6-8-14)15-21-23-24-22-15/h5-8,17,29H,9-12H2,1-4H3,(H,21,22,23,24). The number of hydrogen-bond acceptors (Lipinski definition) is 8. The highest BCUT2D eigenvalue weighted by Crippen LogP contribution is 2.41. The van der Waals surface area contributed by atoms with Gasteiger partial charge in [-0.15, -0.1) is 10.2 Å². The molecule has 2 amide bonds. The molecule has 2 aliphatic rings. The van der Waals surface area contributed by atoms with Crippen LogP contribution < -0.4 is 4.90 Å². The van der Waals surface area contributed by atoms with Crippen molar-refractivity contribution in [3.05, 3.63) is 24.3 Å². The summed E-state index contributed by atoms with van der Waals surface area (Å²) in [4.78, 5) is 30.3. The molecule has 2 saturated heterocycles. The molecule has 1 aromatic heterocycles. The lowest BCUT2D eigenvalue weighted by atomic mass is 9.85. The van der Waals surface area contributed by atoms with Gasteiger partial charge < -0.3 is 24.5 Å². The number of rotatable bonds is 2. The molecule has 31 heavy (non-hydrogen) atoms. The van der Waals surface area contributed by atoms with E-state index in [0.29, 0.717) is 37.4 Å². The molecule has 1 aromatic carbocycles. The van der Waals surface area contributed by atoms with Gasteiger partial charge in [0.05, 0.1) is 0 Å². The highest BCUT2D eigenvalue weighted by molar-refractivity contribution is 5.94. The van der Waals surface area contributed by atoms with Crippen molar-refractivity contribution in [3.63, 3.8) is 0 Å². The summed E-state index contributed by atoms with van der Waals surface area (Å²) in [7, 11) is 1.59. The fourth-order valence-corrected chi connectivity index (χ4v) is 4.21. The zero-order valence-electron chi connectivity index (χ0n) is 18.1. The number of anilines is 1. The minimum absolute atomic E-state index is 0.161. The fraction of sp³-hybridized carbons (Fsp3) is 0.550. The first-order valence-electron chi connectivity index (χ1n) is 10.2. The minimum atomic E-state index is -1.10. The third kappa shape index (κ3) is 3.69. The zero-order chi connectivity index (χ0) is 22.4. The summed E-state index contributed by atoms with van der Waals surface area (Å²) >= 11 is 0. The van der Waals surface area contributed by atoms with Crippen LogP contribution in [-0.4, -0.2) is 85.2 Å². The highest BCUT2D eigenvalue weighted by Gasteiger charge is 2.57. The van der Waals surface area contributed by atoms with Gasteiger partial charge in [-0.2, -0.15) is 5.21 Å². The lowest BCUT2D eigenvalue weighted by molar-refractivity contribution is -0.135. The molecule has 0 aliphatic carbocycles. The maximum absolute atomic E-state index is 13.2.